The highest BCUT2D eigenvalue weighted by molar-refractivity contribution is 5.64. The highest BCUT2D eigenvalue weighted by Gasteiger charge is 2.22. The van der Waals surface area contributed by atoms with E-state index in [-0.39, 0.29) is 12.3 Å². The van der Waals surface area contributed by atoms with Gasteiger partial charge >= 0.3 is 0 Å². The van der Waals surface area contributed by atoms with E-state index in [2.05, 4.69) is 30.3 Å². The van der Waals surface area contributed by atoms with E-state index in [0.29, 0.717) is 0 Å². The first-order valence-corrected chi connectivity index (χ1v) is 9.32. The summed E-state index contributed by atoms with van der Waals surface area (Å²) in [6, 6.07) is 11.7. The maximum absolute atomic E-state index is 6.44. The molecule has 1 aliphatic rings. The quantitative estimate of drug-likeness (QED) is 0.641. The largest absolute Gasteiger partial charge is 0.453 e. The SMILES string of the molecule is C=c1ccc2c(c1)Oc1cc(N(C(N)CCC)C(N)CCC)ccc1N=2. The van der Waals surface area contributed by atoms with Gasteiger partial charge in [-0.3, -0.25) is 0 Å². The Bertz CT molecular complexity index is 868. The molecule has 2 unspecified atom stereocenters. The van der Waals surface area contributed by atoms with Gasteiger partial charge in [0.2, 0.25) is 0 Å². The molecule has 0 saturated carbocycles. The number of nitrogens with zero attached hydrogens (tertiary/aromatic N) is 2. The second-order valence-corrected chi connectivity index (χ2v) is 6.79. The first-order valence-electron chi connectivity index (χ1n) is 9.32. The van der Waals surface area contributed by atoms with E-state index in [1.165, 1.54) is 0 Å². The average Bonchev–Trinajstić information content (AvgIpc) is 2.60. The first-order chi connectivity index (χ1) is 12.5. The third-order valence-corrected chi connectivity index (χ3v) is 4.61. The van der Waals surface area contributed by atoms with Crippen molar-refractivity contribution < 1.29 is 4.74 Å². The van der Waals surface area contributed by atoms with Crippen LogP contribution >= 0.6 is 0 Å². The molecule has 0 radical (unpaired) electrons. The molecule has 0 spiro atoms. The molecule has 0 saturated heterocycles. The Morgan fingerprint density at radius 2 is 1.69 bits per heavy atom. The average molecular weight is 352 g/mol. The predicted octanol–water partition coefficient (Wildman–Crippen LogP) is 3.13. The predicted molar refractivity (Wildman–Crippen MR) is 107 cm³/mol. The molecule has 1 aliphatic heterocycles. The summed E-state index contributed by atoms with van der Waals surface area (Å²) in [5.74, 6) is 1.45. The third kappa shape index (κ3) is 3.74. The van der Waals surface area contributed by atoms with Gasteiger partial charge in [-0.2, -0.15) is 0 Å². The summed E-state index contributed by atoms with van der Waals surface area (Å²) in [6.45, 7) is 8.22. The van der Waals surface area contributed by atoms with Crippen molar-refractivity contribution >= 4 is 18.0 Å². The summed E-state index contributed by atoms with van der Waals surface area (Å²) in [5, 5.41) is 1.72. The first kappa shape index (κ1) is 18.4. The van der Waals surface area contributed by atoms with Gasteiger partial charge in [-0.05, 0) is 42.3 Å². The lowest BCUT2D eigenvalue weighted by molar-refractivity contribution is 0.459. The van der Waals surface area contributed by atoms with Crippen molar-refractivity contribution in [3.05, 3.63) is 47.0 Å². The number of benzene rings is 2. The molecule has 2 atom stereocenters. The molecule has 3 rings (SSSR count). The molecule has 0 aliphatic carbocycles. The fourth-order valence-electron chi connectivity index (χ4n) is 3.32. The Kier molecular flexibility index (Phi) is 5.59. The second-order valence-electron chi connectivity index (χ2n) is 6.79. The summed E-state index contributed by atoms with van der Waals surface area (Å²) in [7, 11) is 0. The van der Waals surface area contributed by atoms with E-state index in [4.69, 9.17) is 16.2 Å². The number of anilines is 1. The van der Waals surface area contributed by atoms with E-state index in [0.717, 1.165) is 59.1 Å². The van der Waals surface area contributed by atoms with Crippen LogP contribution in [0.15, 0.2) is 41.4 Å². The zero-order chi connectivity index (χ0) is 18.7. The fraction of sp³-hybridized carbons (Fsp3) is 0.381. The molecule has 26 heavy (non-hydrogen) atoms. The maximum Gasteiger partial charge on any atom is 0.155 e. The number of hydrogen-bond acceptors (Lipinski definition) is 5. The van der Waals surface area contributed by atoms with Gasteiger partial charge in [0.1, 0.15) is 11.0 Å². The van der Waals surface area contributed by atoms with Crippen molar-refractivity contribution in [1.82, 2.24) is 0 Å². The van der Waals surface area contributed by atoms with Crippen LogP contribution in [0.4, 0.5) is 11.4 Å². The van der Waals surface area contributed by atoms with Crippen molar-refractivity contribution in [2.45, 2.75) is 51.9 Å². The lowest BCUT2D eigenvalue weighted by atomic mass is 10.1. The van der Waals surface area contributed by atoms with Gasteiger partial charge in [-0.15, -0.1) is 0 Å². The minimum absolute atomic E-state index is 0.126. The lowest BCUT2D eigenvalue weighted by Crippen LogP contribution is -2.52. The van der Waals surface area contributed by atoms with Gasteiger partial charge in [-0.1, -0.05) is 39.3 Å². The van der Waals surface area contributed by atoms with Gasteiger partial charge < -0.3 is 21.1 Å². The van der Waals surface area contributed by atoms with Crippen LogP contribution in [0, 0.1) is 0 Å². The molecule has 138 valence electrons. The van der Waals surface area contributed by atoms with Crippen molar-refractivity contribution in [2.24, 2.45) is 16.5 Å². The van der Waals surface area contributed by atoms with Gasteiger partial charge in [0.05, 0.1) is 12.3 Å². The zero-order valence-electron chi connectivity index (χ0n) is 15.6. The highest BCUT2D eigenvalue weighted by Crippen LogP contribution is 2.37. The Hall–Kier alpha value is -2.37. The molecule has 0 fully saturated rings. The van der Waals surface area contributed by atoms with E-state index in [1.54, 1.807) is 0 Å². The number of ether oxygens (including phenoxy) is 1. The van der Waals surface area contributed by atoms with Crippen LogP contribution in [0.25, 0.3) is 6.58 Å². The molecule has 1 heterocycles. The molecular formula is C21H28N4O. The fourth-order valence-corrected chi connectivity index (χ4v) is 3.32. The Labute approximate surface area is 155 Å². The number of fused-ring (bicyclic) bond motifs is 2. The molecule has 2 aromatic rings. The van der Waals surface area contributed by atoms with Crippen LogP contribution in [0.5, 0.6) is 11.5 Å². The van der Waals surface area contributed by atoms with Gasteiger partial charge in [-0.25, -0.2) is 4.99 Å². The lowest BCUT2D eigenvalue weighted by Gasteiger charge is -2.36. The van der Waals surface area contributed by atoms with Crippen molar-refractivity contribution in [1.29, 1.82) is 0 Å². The smallest absolute Gasteiger partial charge is 0.155 e. The van der Waals surface area contributed by atoms with Crippen molar-refractivity contribution in [3.63, 3.8) is 0 Å². The summed E-state index contributed by atoms with van der Waals surface area (Å²) in [4.78, 5) is 6.78. The minimum atomic E-state index is -0.126. The van der Waals surface area contributed by atoms with Crippen LogP contribution in [-0.2, 0) is 0 Å². The van der Waals surface area contributed by atoms with E-state index in [1.807, 2.05) is 36.4 Å². The van der Waals surface area contributed by atoms with Crippen molar-refractivity contribution in [3.8, 4) is 11.5 Å². The monoisotopic (exact) mass is 352 g/mol. The molecule has 0 bridgehead atoms. The van der Waals surface area contributed by atoms with E-state index in [9.17, 15) is 0 Å². The Balaban J connectivity index is 1.99. The second kappa shape index (κ2) is 7.89. The van der Waals surface area contributed by atoms with Gasteiger partial charge in [0.15, 0.2) is 11.5 Å². The Morgan fingerprint density at radius 3 is 2.35 bits per heavy atom. The maximum atomic E-state index is 6.44. The van der Waals surface area contributed by atoms with Crippen molar-refractivity contribution in [2.75, 3.05) is 4.90 Å². The van der Waals surface area contributed by atoms with Crippen LogP contribution in [0.3, 0.4) is 0 Å². The molecule has 2 aromatic carbocycles. The minimum Gasteiger partial charge on any atom is -0.453 e. The van der Waals surface area contributed by atoms with Gasteiger partial charge in [0, 0.05) is 11.8 Å². The highest BCUT2D eigenvalue weighted by atomic mass is 16.5. The number of nitrogens with two attached hydrogens (primary N) is 2. The molecule has 0 amide bonds. The van der Waals surface area contributed by atoms with E-state index >= 15 is 0 Å². The standard InChI is InChI=1S/C21H28N4O/c1-4-6-20(22)25(21(23)7-5-2)15-9-11-17-19(13-15)26-18-12-14(3)8-10-16(18)24-17/h8-13,20-21H,3-7,22-23H2,1-2H3. The zero-order valence-corrected chi connectivity index (χ0v) is 15.6. The van der Waals surface area contributed by atoms with Crippen LogP contribution < -0.4 is 31.7 Å². The summed E-state index contributed by atoms with van der Waals surface area (Å²) < 4.78 is 6.09. The van der Waals surface area contributed by atoms with Crippen LogP contribution in [-0.4, -0.2) is 12.3 Å². The number of rotatable bonds is 7. The molecular weight excluding hydrogens is 324 g/mol. The summed E-state index contributed by atoms with van der Waals surface area (Å²) >= 11 is 0. The Morgan fingerprint density at radius 1 is 1.00 bits per heavy atom. The van der Waals surface area contributed by atoms with E-state index < -0.39 is 0 Å². The normalized spacial score (nSPS) is 14.5. The van der Waals surface area contributed by atoms with Gasteiger partial charge in [0.25, 0.3) is 0 Å². The summed E-state index contributed by atoms with van der Waals surface area (Å²) in [6.07, 6.45) is 3.53. The topological polar surface area (TPSA) is 76.9 Å². The molecule has 5 heteroatoms. The number of hydrogen-bond donors (Lipinski definition) is 2. The molecule has 0 aromatic heterocycles. The molecule has 4 N–H and O–H groups in total. The third-order valence-electron chi connectivity index (χ3n) is 4.61. The molecule has 5 nitrogen and oxygen atoms in total. The van der Waals surface area contributed by atoms with Crippen LogP contribution in [0.2, 0.25) is 0 Å². The summed E-state index contributed by atoms with van der Waals surface area (Å²) in [5.41, 5.74) is 14.7. The van der Waals surface area contributed by atoms with Crippen LogP contribution in [0.1, 0.15) is 39.5 Å².